The monoisotopic (exact) mass is 428 g/mol. The summed E-state index contributed by atoms with van der Waals surface area (Å²) in [7, 11) is 1.89. The van der Waals surface area contributed by atoms with Crippen molar-refractivity contribution in [1.29, 1.82) is 0 Å². The number of fused-ring (bicyclic) bond motifs is 5. The van der Waals surface area contributed by atoms with Gasteiger partial charge in [-0.3, -0.25) is 9.48 Å². The number of amides is 1. The zero-order valence-electron chi connectivity index (χ0n) is 18.1. The van der Waals surface area contributed by atoms with Gasteiger partial charge in [0.05, 0.1) is 23.6 Å². The summed E-state index contributed by atoms with van der Waals surface area (Å²) in [6, 6.07) is 13.2. The zero-order valence-corrected chi connectivity index (χ0v) is 18.1. The van der Waals surface area contributed by atoms with E-state index in [0.717, 1.165) is 47.9 Å². The minimum atomic E-state index is -0.272. The van der Waals surface area contributed by atoms with Crippen molar-refractivity contribution >= 4 is 11.7 Å². The first-order chi connectivity index (χ1) is 15.6. The molecule has 8 heteroatoms. The molecule has 4 aromatic rings. The van der Waals surface area contributed by atoms with E-state index in [1.54, 1.807) is 12.3 Å². The first-order valence-electron chi connectivity index (χ1n) is 10.7. The Morgan fingerprint density at radius 3 is 2.88 bits per heavy atom. The maximum absolute atomic E-state index is 13.3. The standard InChI is InChI=1S/C24H24N6O2/c1-16-14-20(29(2)28-16)17-8-9-21-18(15-17)24(31)27-22-7-5-6-19(26-22)23-25-10-12-30(23)11-3-4-13-32-21/h5-10,12,14-15H,3-4,11,13H2,1-2H3,(H,26,27,31). The highest BCUT2D eigenvalue weighted by Crippen LogP contribution is 2.29. The Kier molecular flexibility index (Phi) is 5.18. The summed E-state index contributed by atoms with van der Waals surface area (Å²) in [5.41, 5.74) is 3.94. The lowest BCUT2D eigenvalue weighted by Gasteiger charge is -2.15. The first kappa shape index (κ1) is 20.0. The summed E-state index contributed by atoms with van der Waals surface area (Å²) >= 11 is 0. The third kappa shape index (κ3) is 3.87. The third-order valence-corrected chi connectivity index (χ3v) is 5.51. The van der Waals surface area contributed by atoms with E-state index in [2.05, 4.69) is 25.0 Å². The number of benzene rings is 1. The summed E-state index contributed by atoms with van der Waals surface area (Å²) < 4.78 is 9.92. The van der Waals surface area contributed by atoms with Gasteiger partial charge in [-0.15, -0.1) is 0 Å². The highest BCUT2D eigenvalue weighted by atomic mass is 16.5. The minimum absolute atomic E-state index is 0.272. The number of rotatable bonds is 1. The number of hydrogen-bond acceptors (Lipinski definition) is 5. The molecule has 0 atom stereocenters. The molecule has 0 aliphatic carbocycles. The van der Waals surface area contributed by atoms with Gasteiger partial charge in [0.2, 0.25) is 0 Å². The SMILES string of the molecule is Cc1cc(-c2ccc3c(c2)C(=O)Nc2cccc(n2)-c2nccn2CCCCO3)n(C)n1. The van der Waals surface area contributed by atoms with Crippen LogP contribution in [0.3, 0.4) is 0 Å². The van der Waals surface area contributed by atoms with Crippen LogP contribution in [0, 0.1) is 6.92 Å². The topological polar surface area (TPSA) is 86.9 Å². The lowest BCUT2D eigenvalue weighted by atomic mass is 10.1. The molecule has 1 aliphatic rings. The van der Waals surface area contributed by atoms with Crippen molar-refractivity contribution in [2.45, 2.75) is 26.3 Å². The highest BCUT2D eigenvalue weighted by molar-refractivity contribution is 6.06. The molecule has 0 spiro atoms. The van der Waals surface area contributed by atoms with Crippen LogP contribution in [0.25, 0.3) is 22.8 Å². The van der Waals surface area contributed by atoms with E-state index < -0.39 is 0 Å². The second-order valence-electron chi connectivity index (χ2n) is 7.87. The Hall–Kier alpha value is -3.94. The number of nitrogens with zero attached hydrogens (tertiary/aromatic N) is 5. The fraction of sp³-hybridized carbons (Fsp3) is 0.250. The smallest absolute Gasteiger partial charge is 0.260 e. The fourth-order valence-electron chi connectivity index (χ4n) is 3.98. The molecular weight excluding hydrogens is 404 g/mol. The van der Waals surface area contributed by atoms with E-state index in [1.807, 2.05) is 61.2 Å². The lowest BCUT2D eigenvalue weighted by Crippen LogP contribution is -2.16. The van der Waals surface area contributed by atoms with E-state index in [1.165, 1.54) is 0 Å². The average molecular weight is 428 g/mol. The molecule has 4 heterocycles. The number of aryl methyl sites for hydroxylation is 3. The van der Waals surface area contributed by atoms with Crippen molar-refractivity contribution in [1.82, 2.24) is 24.3 Å². The second kappa shape index (κ2) is 8.30. The van der Waals surface area contributed by atoms with Crippen LogP contribution in [0.5, 0.6) is 5.75 Å². The van der Waals surface area contributed by atoms with Crippen molar-refractivity contribution in [3.8, 4) is 28.5 Å². The van der Waals surface area contributed by atoms with Crippen molar-refractivity contribution < 1.29 is 9.53 Å². The maximum atomic E-state index is 13.3. The van der Waals surface area contributed by atoms with Crippen molar-refractivity contribution in [2.75, 3.05) is 11.9 Å². The van der Waals surface area contributed by atoms with E-state index in [9.17, 15) is 4.79 Å². The number of anilines is 1. The van der Waals surface area contributed by atoms with Crippen LogP contribution in [0.2, 0.25) is 0 Å². The van der Waals surface area contributed by atoms with Gasteiger partial charge in [0, 0.05) is 31.5 Å². The van der Waals surface area contributed by atoms with Crippen LogP contribution in [0.4, 0.5) is 5.82 Å². The second-order valence-corrected chi connectivity index (χ2v) is 7.87. The average Bonchev–Trinajstić information content (AvgIpc) is 3.39. The number of imidazole rings is 1. The van der Waals surface area contributed by atoms with Crippen molar-refractivity contribution in [3.05, 3.63) is 66.1 Å². The summed E-state index contributed by atoms with van der Waals surface area (Å²) in [6.45, 7) is 3.29. The predicted octanol–water partition coefficient (Wildman–Crippen LogP) is 4.08. The molecule has 32 heavy (non-hydrogen) atoms. The van der Waals surface area contributed by atoms with E-state index >= 15 is 0 Å². The number of aromatic nitrogens is 5. The van der Waals surface area contributed by atoms with Crippen LogP contribution >= 0.6 is 0 Å². The maximum Gasteiger partial charge on any atom is 0.260 e. The number of hydrogen-bond donors (Lipinski definition) is 1. The highest BCUT2D eigenvalue weighted by Gasteiger charge is 2.18. The lowest BCUT2D eigenvalue weighted by molar-refractivity contribution is 0.102. The number of pyridine rings is 1. The third-order valence-electron chi connectivity index (χ3n) is 5.51. The summed E-state index contributed by atoms with van der Waals surface area (Å²) in [5.74, 6) is 1.53. The van der Waals surface area contributed by atoms with Gasteiger partial charge in [0.1, 0.15) is 17.3 Å². The zero-order chi connectivity index (χ0) is 22.1. The van der Waals surface area contributed by atoms with Gasteiger partial charge in [-0.05, 0) is 56.2 Å². The first-order valence-corrected chi connectivity index (χ1v) is 10.7. The summed E-state index contributed by atoms with van der Waals surface area (Å²) in [4.78, 5) is 22.4. The Labute approximate surface area is 185 Å². The summed E-state index contributed by atoms with van der Waals surface area (Å²) in [5, 5.41) is 7.34. The molecule has 0 saturated carbocycles. The fourth-order valence-corrected chi connectivity index (χ4v) is 3.98. The van der Waals surface area contributed by atoms with Crippen LogP contribution in [0.15, 0.2) is 54.9 Å². The van der Waals surface area contributed by atoms with E-state index in [-0.39, 0.29) is 5.91 Å². The Bertz CT molecular complexity index is 1290. The normalized spacial score (nSPS) is 14.0. The van der Waals surface area contributed by atoms with Gasteiger partial charge in [-0.1, -0.05) is 6.07 Å². The summed E-state index contributed by atoms with van der Waals surface area (Å²) in [6.07, 6.45) is 5.51. The van der Waals surface area contributed by atoms with Crippen molar-refractivity contribution in [2.24, 2.45) is 7.05 Å². The molecule has 162 valence electrons. The molecule has 5 rings (SSSR count). The molecule has 0 saturated heterocycles. The molecule has 0 unspecified atom stereocenters. The van der Waals surface area contributed by atoms with Crippen LogP contribution in [-0.4, -0.2) is 36.8 Å². The molecule has 0 fully saturated rings. The largest absolute Gasteiger partial charge is 0.493 e. The number of nitrogens with one attached hydrogen (secondary N) is 1. The Morgan fingerprint density at radius 2 is 2.03 bits per heavy atom. The Balaban J connectivity index is 1.55. The van der Waals surface area contributed by atoms with Gasteiger partial charge in [-0.2, -0.15) is 5.10 Å². The van der Waals surface area contributed by atoms with Gasteiger partial charge >= 0.3 is 0 Å². The molecule has 8 nitrogen and oxygen atoms in total. The molecular formula is C24H24N6O2. The van der Waals surface area contributed by atoms with Gasteiger partial charge in [0.15, 0.2) is 5.82 Å². The molecule has 1 aliphatic heterocycles. The molecule has 2 bridgehead atoms. The predicted molar refractivity (Wildman–Crippen MR) is 122 cm³/mol. The Morgan fingerprint density at radius 1 is 1.12 bits per heavy atom. The molecule has 1 aromatic carbocycles. The number of ether oxygens (including phenoxy) is 1. The molecule has 0 radical (unpaired) electrons. The number of carbonyl (C=O) groups is 1. The van der Waals surface area contributed by atoms with Gasteiger partial charge < -0.3 is 14.6 Å². The van der Waals surface area contributed by atoms with E-state index in [0.29, 0.717) is 23.7 Å². The quantitative estimate of drug-likeness (QED) is 0.494. The molecule has 1 N–H and O–H groups in total. The van der Waals surface area contributed by atoms with Crippen LogP contribution < -0.4 is 10.1 Å². The minimum Gasteiger partial charge on any atom is -0.493 e. The van der Waals surface area contributed by atoms with Crippen LogP contribution in [0.1, 0.15) is 28.9 Å². The van der Waals surface area contributed by atoms with Crippen LogP contribution in [-0.2, 0) is 13.6 Å². The number of carbonyl (C=O) groups excluding carboxylic acids is 1. The van der Waals surface area contributed by atoms with Gasteiger partial charge in [0.25, 0.3) is 5.91 Å². The molecule has 3 aromatic heterocycles. The van der Waals surface area contributed by atoms with Gasteiger partial charge in [-0.25, -0.2) is 9.97 Å². The van der Waals surface area contributed by atoms with E-state index in [4.69, 9.17) is 4.74 Å². The molecule has 1 amide bonds. The van der Waals surface area contributed by atoms with Crippen molar-refractivity contribution in [3.63, 3.8) is 0 Å².